The Morgan fingerprint density at radius 3 is 2.76 bits per heavy atom. The average Bonchev–Trinajstić information content (AvgIpc) is 2.34. The summed E-state index contributed by atoms with van der Waals surface area (Å²) in [4.78, 5) is 11.1. The first-order chi connectivity index (χ1) is 9.62. The van der Waals surface area contributed by atoms with Crippen LogP contribution in [0.5, 0.6) is 5.75 Å². The molecule has 114 valence electrons. The fourth-order valence-corrected chi connectivity index (χ4v) is 2.85. The molecule has 9 heteroatoms. The molecule has 1 aromatic carbocycles. The number of hydrogen-bond acceptors (Lipinski definition) is 4. The highest BCUT2D eigenvalue weighted by Gasteiger charge is 2.30. The molecule has 0 atom stereocenters. The first kappa shape index (κ1) is 15.6. The number of carbonyl (C=O) groups is 1. The maximum atomic E-state index is 11.4. The summed E-state index contributed by atoms with van der Waals surface area (Å²) in [6.07, 6.45) is 0. The number of aliphatic carboxylic acids is 1. The van der Waals surface area contributed by atoms with Crippen molar-refractivity contribution in [3.63, 3.8) is 0 Å². The summed E-state index contributed by atoms with van der Waals surface area (Å²) in [5, 5.41) is 8.83. The van der Waals surface area contributed by atoms with E-state index in [2.05, 4.69) is 9.12 Å². The maximum absolute atomic E-state index is 11.4. The molecule has 0 fully saturated rings. The summed E-state index contributed by atoms with van der Waals surface area (Å²) in [5.41, 5.74) is -0.573. The van der Waals surface area contributed by atoms with Crippen molar-refractivity contribution < 1.29 is 23.1 Å². The van der Waals surface area contributed by atoms with Gasteiger partial charge in [0.25, 0.3) is 0 Å². The van der Waals surface area contributed by atoms with Gasteiger partial charge in [-0.3, -0.25) is 9.52 Å². The van der Waals surface area contributed by atoms with Crippen LogP contribution in [0, 0.1) is 5.41 Å². The highest BCUT2D eigenvalue weighted by Crippen LogP contribution is 2.33. The summed E-state index contributed by atoms with van der Waals surface area (Å²) < 4.78 is 33.9. The van der Waals surface area contributed by atoms with Crippen molar-refractivity contribution in [1.82, 2.24) is 0 Å². The van der Waals surface area contributed by atoms with E-state index in [1.54, 1.807) is 12.1 Å². The molecule has 0 aromatic heterocycles. The first-order valence-electron chi connectivity index (χ1n) is 5.90. The van der Waals surface area contributed by atoms with Crippen LogP contribution in [-0.2, 0) is 15.0 Å². The summed E-state index contributed by atoms with van der Waals surface area (Å²) in [7, 11) is -3.86. The van der Waals surface area contributed by atoms with Gasteiger partial charge in [-0.2, -0.15) is 8.42 Å². The number of fused-ring (bicyclic) bond motifs is 1. The molecule has 0 saturated carbocycles. The Morgan fingerprint density at radius 1 is 1.48 bits per heavy atom. The SMILES string of the molecule is CC(C)(COc1cccc2c1C(Cl)=NS(=O)(=O)N2)C(=O)O. The van der Waals surface area contributed by atoms with E-state index in [0.717, 1.165) is 0 Å². The molecule has 0 unspecified atom stereocenters. The Kier molecular flexibility index (Phi) is 3.85. The van der Waals surface area contributed by atoms with Gasteiger partial charge in [0.2, 0.25) is 0 Å². The molecule has 7 nitrogen and oxygen atoms in total. The fourth-order valence-electron chi connectivity index (χ4n) is 1.58. The minimum absolute atomic E-state index is 0.101. The van der Waals surface area contributed by atoms with E-state index >= 15 is 0 Å². The third-order valence-electron chi connectivity index (χ3n) is 2.84. The van der Waals surface area contributed by atoms with Gasteiger partial charge >= 0.3 is 16.2 Å². The van der Waals surface area contributed by atoms with Crippen molar-refractivity contribution in [3.05, 3.63) is 23.8 Å². The van der Waals surface area contributed by atoms with E-state index in [4.69, 9.17) is 21.4 Å². The van der Waals surface area contributed by atoms with Crippen LogP contribution in [0.1, 0.15) is 19.4 Å². The lowest BCUT2D eigenvalue weighted by molar-refractivity contribution is -0.148. The highest BCUT2D eigenvalue weighted by molar-refractivity contribution is 7.91. The fraction of sp³-hybridized carbons (Fsp3) is 0.333. The normalized spacial score (nSPS) is 16.4. The van der Waals surface area contributed by atoms with Gasteiger partial charge in [-0.15, -0.1) is 4.40 Å². The van der Waals surface area contributed by atoms with Gasteiger partial charge in [-0.1, -0.05) is 17.7 Å². The maximum Gasteiger partial charge on any atom is 0.343 e. The zero-order valence-electron chi connectivity index (χ0n) is 11.3. The minimum Gasteiger partial charge on any atom is -0.492 e. The summed E-state index contributed by atoms with van der Waals surface area (Å²) in [5.74, 6) is -0.745. The molecule has 0 amide bonds. The second-order valence-electron chi connectivity index (χ2n) is 5.12. The lowest BCUT2D eigenvalue weighted by atomic mass is 9.95. The third kappa shape index (κ3) is 3.27. The van der Waals surface area contributed by atoms with Crippen LogP contribution in [0.25, 0.3) is 0 Å². The zero-order valence-corrected chi connectivity index (χ0v) is 12.8. The molecule has 1 aliphatic rings. The lowest BCUT2D eigenvalue weighted by Gasteiger charge is -2.22. The van der Waals surface area contributed by atoms with Gasteiger partial charge in [0.1, 0.15) is 12.4 Å². The van der Waals surface area contributed by atoms with E-state index in [0.29, 0.717) is 0 Å². The van der Waals surface area contributed by atoms with Crippen molar-refractivity contribution in [2.75, 3.05) is 11.3 Å². The van der Waals surface area contributed by atoms with Crippen LogP contribution < -0.4 is 9.46 Å². The predicted molar refractivity (Wildman–Crippen MR) is 78.3 cm³/mol. The zero-order chi connectivity index (χ0) is 15.8. The van der Waals surface area contributed by atoms with Crippen molar-refractivity contribution >= 4 is 38.6 Å². The van der Waals surface area contributed by atoms with E-state index in [9.17, 15) is 13.2 Å². The molecule has 0 radical (unpaired) electrons. The van der Waals surface area contributed by atoms with Gasteiger partial charge < -0.3 is 9.84 Å². The monoisotopic (exact) mass is 332 g/mol. The van der Waals surface area contributed by atoms with E-state index in [1.807, 2.05) is 0 Å². The largest absolute Gasteiger partial charge is 0.492 e. The molecule has 21 heavy (non-hydrogen) atoms. The van der Waals surface area contributed by atoms with Crippen molar-refractivity contribution in [1.29, 1.82) is 0 Å². The van der Waals surface area contributed by atoms with Gasteiger partial charge in [0, 0.05) is 0 Å². The van der Waals surface area contributed by atoms with Crippen LogP contribution in [0.3, 0.4) is 0 Å². The van der Waals surface area contributed by atoms with Crippen LogP contribution >= 0.6 is 11.6 Å². The van der Waals surface area contributed by atoms with Gasteiger partial charge in [-0.25, -0.2) is 0 Å². The molecule has 2 rings (SSSR count). The first-order valence-corrected chi connectivity index (χ1v) is 7.72. The molecular weight excluding hydrogens is 320 g/mol. The van der Waals surface area contributed by atoms with Crippen LogP contribution in [0.2, 0.25) is 0 Å². The van der Waals surface area contributed by atoms with Crippen molar-refractivity contribution in [2.24, 2.45) is 9.81 Å². The predicted octanol–water partition coefficient (Wildman–Crippen LogP) is 1.83. The van der Waals surface area contributed by atoms with Crippen LogP contribution in [0.15, 0.2) is 22.6 Å². The Morgan fingerprint density at radius 2 is 2.14 bits per heavy atom. The molecule has 0 aliphatic carbocycles. The molecule has 1 aliphatic heterocycles. The standard InChI is InChI=1S/C12H13ClN2O5S/c1-12(2,11(16)17)6-20-8-5-3-4-7-9(8)10(13)15-21(18,19)14-7/h3-5,14H,6H2,1-2H3,(H,16,17). The number of carboxylic acids is 1. The number of hydrogen-bond donors (Lipinski definition) is 2. The third-order valence-corrected chi connectivity index (χ3v) is 4.11. The smallest absolute Gasteiger partial charge is 0.343 e. The number of carboxylic acid groups (broad SMARTS) is 1. The Bertz CT molecular complexity index is 727. The molecule has 2 N–H and O–H groups in total. The average molecular weight is 333 g/mol. The molecule has 1 aromatic rings. The number of nitrogens with zero attached hydrogens (tertiary/aromatic N) is 1. The van der Waals surface area contributed by atoms with Gasteiger partial charge in [0.05, 0.1) is 16.7 Å². The Hall–Kier alpha value is -1.80. The van der Waals surface area contributed by atoms with Crippen molar-refractivity contribution in [2.45, 2.75) is 13.8 Å². The lowest BCUT2D eigenvalue weighted by Crippen LogP contribution is -2.31. The highest BCUT2D eigenvalue weighted by atomic mass is 35.5. The Balaban J connectivity index is 2.35. The van der Waals surface area contributed by atoms with E-state index in [1.165, 1.54) is 19.9 Å². The molecule has 0 saturated heterocycles. The van der Waals surface area contributed by atoms with Gasteiger partial charge in [-0.05, 0) is 26.0 Å². The summed E-state index contributed by atoms with van der Waals surface area (Å²) >= 11 is 5.88. The number of ether oxygens (including phenoxy) is 1. The quantitative estimate of drug-likeness (QED) is 0.875. The summed E-state index contributed by atoms with van der Waals surface area (Å²) in [6.45, 7) is 2.93. The Labute approximate surface area is 126 Å². The topological polar surface area (TPSA) is 105 Å². The second-order valence-corrected chi connectivity index (χ2v) is 6.81. The molecule has 0 bridgehead atoms. The number of nitrogens with one attached hydrogen (secondary N) is 1. The molecular formula is C12H13ClN2O5S. The number of anilines is 1. The van der Waals surface area contributed by atoms with Crippen LogP contribution in [0.4, 0.5) is 5.69 Å². The number of halogens is 1. The second kappa shape index (κ2) is 5.19. The molecule has 0 spiro atoms. The van der Waals surface area contributed by atoms with E-state index in [-0.39, 0.29) is 28.8 Å². The van der Waals surface area contributed by atoms with Crippen LogP contribution in [-0.4, -0.2) is 31.3 Å². The minimum atomic E-state index is -3.86. The summed E-state index contributed by atoms with van der Waals surface area (Å²) in [6, 6.07) is 4.65. The number of benzene rings is 1. The van der Waals surface area contributed by atoms with Crippen molar-refractivity contribution in [3.8, 4) is 5.75 Å². The number of rotatable bonds is 4. The van der Waals surface area contributed by atoms with E-state index < -0.39 is 21.6 Å². The van der Waals surface area contributed by atoms with Gasteiger partial charge in [0.15, 0.2) is 5.17 Å². The molecule has 1 heterocycles.